The quantitative estimate of drug-likeness (QED) is 0.738. The molecule has 2 N–H and O–H groups in total. The number of rotatable bonds is 5. The highest BCUT2D eigenvalue weighted by molar-refractivity contribution is 14.1. The zero-order chi connectivity index (χ0) is 16.0. The molecule has 0 saturated carbocycles. The molecular formula is C15H20INO4. The fourth-order valence-electron chi connectivity index (χ4n) is 1.67. The Kier molecular flexibility index (Phi) is 6.44. The van der Waals surface area contributed by atoms with Gasteiger partial charge < -0.3 is 15.2 Å². The average molecular weight is 405 g/mol. The average Bonchev–Trinajstić information content (AvgIpc) is 2.33. The highest BCUT2D eigenvalue weighted by Crippen LogP contribution is 2.11. The van der Waals surface area contributed by atoms with Crippen molar-refractivity contribution in [1.29, 1.82) is 0 Å². The van der Waals surface area contributed by atoms with E-state index in [1.807, 2.05) is 24.3 Å². The summed E-state index contributed by atoms with van der Waals surface area (Å²) in [4.78, 5) is 22.8. The van der Waals surface area contributed by atoms with Gasteiger partial charge in [0.25, 0.3) is 0 Å². The minimum atomic E-state index is -1.06. The van der Waals surface area contributed by atoms with Crippen LogP contribution in [0.4, 0.5) is 4.79 Å². The summed E-state index contributed by atoms with van der Waals surface area (Å²) >= 11 is 2.21. The zero-order valence-corrected chi connectivity index (χ0v) is 14.5. The molecule has 0 heterocycles. The van der Waals surface area contributed by atoms with Gasteiger partial charge in [-0.15, -0.1) is 0 Å². The lowest BCUT2D eigenvalue weighted by Crippen LogP contribution is -2.43. The Bertz CT molecular complexity index is 493. The molecule has 0 aliphatic heterocycles. The van der Waals surface area contributed by atoms with Crippen LogP contribution in [-0.2, 0) is 16.0 Å². The molecule has 1 aromatic carbocycles. The van der Waals surface area contributed by atoms with E-state index in [9.17, 15) is 14.7 Å². The predicted octanol–water partition coefficient (Wildman–Crippen LogP) is 3.20. The van der Waals surface area contributed by atoms with Crippen LogP contribution in [0.3, 0.4) is 0 Å². The Hall–Kier alpha value is -1.31. The molecule has 0 aliphatic rings. The number of alkyl carbamates (subject to hydrolysis) is 1. The van der Waals surface area contributed by atoms with E-state index in [0.29, 0.717) is 12.8 Å². The molecule has 0 aromatic heterocycles. The van der Waals surface area contributed by atoms with Crippen LogP contribution >= 0.6 is 22.6 Å². The molecule has 1 aromatic rings. The van der Waals surface area contributed by atoms with Crippen molar-refractivity contribution >= 4 is 34.7 Å². The second-order valence-electron chi connectivity index (χ2n) is 5.70. The highest BCUT2D eigenvalue weighted by atomic mass is 127. The lowest BCUT2D eigenvalue weighted by molar-refractivity contribution is -0.139. The Morgan fingerprint density at radius 1 is 1.29 bits per heavy atom. The van der Waals surface area contributed by atoms with Crippen LogP contribution in [0.1, 0.15) is 32.8 Å². The normalized spacial score (nSPS) is 12.6. The summed E-state index contributed by atoms with van der Waals surface area (Å²) in [5, 5.41) is 11.6. The predicted molar refractivity (Wildman–Crippen MR) is 88.3 cm³/mol. The number of carboxylic acids is 1. The van der Waals surface area contributed by atoms with Gasteiger partial charge in [-0.3, -0.25) is 0 Å². The van der Waals surface area contributed by atoms with Gasteiger partial charge in [-0.25, -0.2) is 9.59 Å². The first-order valence-electron chi connectivity index (χ1n) is 6.64. The van der Waals surface area contributed by atoms with E-state index >= 15 is 0 Å². The first-order chi connectivity index (χ1) is 9.67. The summed E-state index contributed by atoms with van der Waals surface area (Å²) in [6.07, 6.45) is 0.177. The first kappa shape index (κ1) is 17.7. The second-order valence-corrected chi connectivity index (χ2v) is 6.95. The maximum absolute atomic E-state index is 11.6. The molecule has 1 amide bonds. The maximum atomic E-state index is 11.6. The second kappa shape index (κ2) is 7.63. The summed E-state index contributed by atoms with van der Waals surface area (Å²) < 4.78 is 6.19. The van der Waals surface area contributed by atoms with Crippen molar-refractivity contribution in [1.82, 2.24) is 5.32 Å². The molecule has 21 heavy (non-hydrogen) atoms. The number of nitrogens with one attached hydrogen (secondary N) is 1. The van der Waals surface area contributed by atoms with Crippen LogP contribution in [0.5, 0.6) is 0 Å². The van der Waals surface area contributed by atoms with Gasteiger partial charge >= 0.3 is 12.1 Å². The van der Waals surface area contributed by atoms with Crippen molar-refractivity contribution in [2.45, 2.75) is 45.3 Å². The topological polar surface area (TPSA) is 75.6 Å². The summed E-state index contributed by atoms with van der Waals surface area (Å²) in [6.45, 7) is 5.19. The van der Waals surface area contributed by atoms with Crippen LogP contribution in [0.25, 0.3) is 0 Å². The Labute approximate surface area is 138 Å². The summed E-state index contributed by atoms with van der Waals surface area (Å²) in [6, 6.07) is 6.88. The Balaban J connectivity index is 2.56. The van der Waals surface area contributed by atoms with Crippen molar-refractivity contribution in [3.8, 4) is 0 Å². The van der Waals surface area contributed by atoms with Crippen molar-refractivity contribution in [3.63, 3.8) is 0 Å². The van der Waals surface area contributed by atoms with E-state index in [0.717, 1.165) is 9.13 Å². The SMILES string of the molecule is CC(C)(C)OC(=O)N[C@@H](CCc1ccc(I)cc1)C(=O)O. The lowest BCUT2D eigenvalue weighted by Gasteiger charge is -2.22. The third-order valence-electron chi connectivity index (χ3n) is 2.62. The number of carbonyl (C=O) groups is 2. The number of benzene rings is 1. The first-order valence-corrected chi connectivity index (χ1v) is 7.72. The van der Waals surface area contributed by atoms with E-state index < -0.39 is 23.7 Å². The zero-order valence-electron chi connectivity index (χ0n) is 12.4. The molecule has 5 nitrogen and oxygen atoms in total. The van der Waals surface area contributed by atoms with Crippen LogP contribution in [0.2, 0.25) is 0 Å². The highest BCUT2D eigenvalue weighted by Gasteiger charge is 2.23. The molecule has 1 atom stereocenters. The van der Waals surface area contributed by atoms with Gasteiger partial charge in [-0.2, -0.15) is 0 Å². The number of carboxylic acid groups (broad SMARTS) is 1. The summed E-state index contributed by atoms with van der Waals surface area (Å²) in [7, 11) is 0. The molecule has 0 bridgehead atoms. The molecule has 0 radical (unpaired) electrons. The van der Waals surface area contributed by atoms with E-state index in [-0.39, 0.29) is 0 Å². The monoisotopic (exact) mass is 405 g/mol. The largest absolute Gasteiger partial charge is 0.480 e. The Morgan fingerprint density at radius 2 is 1.86 bits per heavy atom. The molecule has 0 unspecified atom stereocenters. The van der Waals surface area contributed by atoms with Crippen LogP contribution in [-0.4, -0.2) is 28.8 Å². The van der Waals surface area contributed by atoms with Gasteiger partial charge in [0.1, 0.15) is 11.6 Å². The molecule has 1 rings (SSSR count). The number of carbonyl (C=O) groups excluding carboxylic acids is 1. The molecule has 0 saturated heterocycles. The van der Waals surface area contributed by atoms with Gasteiger partial charge in [-0.1, -0.05) is 12.1 Å². The van der Waals surface area contributed by atoms with Gasteiger partial charge in [0.2, 0.25) is 0 Å². The number of ether oxygens (including phenoxy) is 1. The van der Waals surface area contributed by atoms with E-state index in [4.69, 9.17) is 4.74 Å². The van der Waals surface area contributed by atoms with Gasteiger partial charge in [0, 0.05) is 3.57 Å². The van der Waals surface area contributed by atoms with E-state index in [1.165, 1.54) is 0 Å². The molecule has 6 heteroatoms. The number of amides is 1. The summed E-state index contributed by atoms with van der Waals surface area (Å²) in [5.41, 5.74) is 0.385. The molecular weight excluding hydrogens is 385 g/mol. The fraction of sp³-hybridized carbons (Fsp3) is 0.467. The number of aliphatic carboxylic acids is 1. The molecule has 0 spiro atoms. The van der Waals surface area contributed by atoms with Crippen molar-refractivity contribution < 1.29 is 19.4 Å². The molecule has 0 fully saturated rings. The van der Waals surface area contributed by atoms with Gasteiger partial charge in [-0.05, 0) is 73.9 Å². The van der Waals surface area contributed by atoms with Gasteiger partial charge in [0.15, 0.2) is 0 Å². The van der Waals surface area contributed by atoms with E-state index in [2.05, 4.69) is 27.9 Å². The van der Waals surface area contributed by atoms with E-state index in [1.54, 1.807) is 20.8 Å². The van der Waals surface area contributed by atoms with Crippen molar-refractivity contribution in [2.24, 2.45) is 0 Å². The smallest absolute Gasteiger partial charge is 0.408 e. The number of hydrogen-bond donors (Lipinski definition) is 2. The molecule has 116 valence electrons. The Morgan fingerprint density at radius 3 is 2.33 bits per heavy atom. The molecule has 0 aliphatic carbocycles. The number of hydrogen-bond acceptors (Lipinski definition) is 3. The van der Waals surface area contributed by atoms with Crippen LogP contribution in [0, 0.1) is 3.57 Å². The number of aryl methyl sites for hydroxylation is 1. The number of halogens is 1. The van der Waals surface area contributed by atoms with Gasteiger partial charge in [0.05, 0.1) is 0 Å². The van der Waals surface area contributed by atoms with Crippen molar-refractivity contribution in [2.75, 3.05) is 0 Å². The summed E-state index contributed by atoms with van der Waals surface area (Å²) in [5.74, 6) is -1.06. The van der Waals surface area contributed by atoms with Crippen molar-refractivity contribution in [3.05, 3.63) is 33.4 Å². The third kappa shape index (κ3) is 7.31. The fourth-order valence-corrected chi connectivity index (χ4v) is 2.03. The van der Waals surface area contributed by atoms with Crippen LogP contribution < -0.4 is 5.32 Å². The minimum Gasteiger partial charge on any atom is -0.480 e. The van der Waals surface area contributed by atoms with Crippen LogP contribution in [0.15, 0.2) is 24.3 Å². The minimum absolute atomic E-state index is 0.315. The maximum Gasteiger partial charge on any atom is 0.408 e. The lowest BCUT2D eigenvalue weighted by atomic mass is 10.1. The standard InChI is InChI=1S/C15H20INO4/c1-15(2,3)21-14(20)17-12(13(18)19)9-6-10-4-7-11(16)8-5-10/h4-5,7-8,12H,6,9H2,1-3H3,(H,17,20)(H,18,19)/t12-/m0/s1. The third-order valence-corrected chi connectivity index (χ3v) is 3.34.